The number of carbonyl (C=O) groups is 2. The summed E-state index contributed by atoms with van der Waals surface area (Å²) in [6.07, 6.45) is 2.04. The predicted molar refractivity (Wildman–Crippen MR) is 54.6 cm³/mol. The summed E-state index contributed by atoms with van der Waals surface area (Å²) >= 11 is 0. The topological polar surface area (TPSA) is 78.4 Å². The number of hydrogen-bond donors (Lipinski definition) is 3. The molecule has 0 saturated carbocycles. The van der Waals surface area contributed by atoms with Crippen LogP contribution in [0.2, 0.25) is 0 Å². The highest BCUT2D eigenvalue weighted by molar-refractivity contribution is 5.86. The average Bonchev–Trinajstić information content (AvgIpc) is 2.18. The van der Waals surface area contributed by atoms with Crippen LogP contribution in [-0.2, 0) is 9.59 Å². The Balaban J connectivity index is 0. The first-order valence-electron chi connectivity index (χ1n) is 4.16. The van der Waals surface area contributed by atoms with Crippen molar-refractivity contribution in [2.24, 2.45) is 0 Å². The van der Waals surface area contributed by atoms with Crippen molar-refractivity contribution in [1.82, 2.24) is 10.6 Å². The highest BCUT2D eigenvalue weighted by Gasteiger charge is 2.15. The summed E-state index contributed by atoms with van der Waals surface area (Å²) < 4.78 is 0. The summed E-state index contributed by atoms with van der Waals surface area (Å²) in [6, 6.07) is -0.495. The van der Waals surface area contributed by atoms with Gasteiger partial charge in [-0.2, -0.15) is 0 Å². The first kappa shape index (κ1) is 15.1. The molecule has 0 fully saturated rings. The largest absolute Gasteiger partial charge is 0.400 e. The van der Waals surface area contributed by atoms with Crippen LogP contribution in [0.3, 0.4) is 0 Å². The lowest BCUT2D eigenvalue weighted by Gasteiger charge is -2.13. The zero-order valence-electron chi connectivity index (χ0n) is 8.83. The Hall–Kier alpha value is -1.36. The smallest absolute Gasteiger partial charge is 0.242 e. The van der Waals surface area contributed by atoms with Gasteiger partial charge in [0, 0.05) is 21.1 Å². The van der Waals surface area contributed by atoms with Gasteiger partial charge in [0.25, 0.3) is 0 Å². The average molecular weight is 202 g/mol. The van der Waals surface area contributed by atoms with Crippen LogP contribution in [0.4, 0.5) is 0 Å². The quantitative estimate of drug-likeness (QED) is 0.534. The molecule has 0 aliphatic heterocycles. The van der Waals surface area contributed by atoms with Crippen molar-refractivity contribution in [2.45, 2.75) is 19.4 Å². The molecule has 0 rings (SSSR count). The minimum atomic E-state index is -0.495. The number of aliphatic hydroxyl groups is 1. The Morgan fingerprint density at radius 3 is 2.29 bits per heavy atom. The van der Waals surface area contributed by atoms with E-state index in [1.165, 1.54) is 14.0 Å². The molecule has 1 atom stereocenters. The lowest BCUT2D eigenvalue weighted by atomic mass is 10.2. The van der Waals surface area contributed by atoms with Crippen molar-refractivity contribution in [3.8, 4) is 0 Å². The van der Waals surface area contributed by atoms with E-state index in [1.807, 2.05) is 0 Å². The molecule has 0 aromatic heterocycles. The van der Waals surface area contributed by atoms with Crippen molar-refractivity contribution in [1.29, 1.82) is 0 Å². The second-order valence-electron chi connectivity index (χ2n) is 2.39. The highest BCUT2D eigenvalue weighted by Crippen LogP contribution is 1.92. The second kappa shape index (κ2) is 9.73. The fraction of sp³-hybridized carbons (Fsp3) is 0.556. The number of carbonyl (C=O) groups excluding carboxylic acids is 2. The lowest BCUT2D eigenvalue weighted by Crippen LogP contribution is -2.44. The van der Waals surface area contributed by atoms with Crippen LogP contribution in [-0.4, -0.2) is 37.1 Å². The molecule has 0 aromatic rings. The van der Waals surface area contributed by atoms with Crippen LogP contribution in [0.25, 0.3) is 0 Å². The number of aliphatic hydroxyl groups excluding tert-OH is 1. The molecule has 0 aliphatic carbocycles. The molecule has 14 heavy (non-hydrogen) atoms. The van der Waals surface area contributed by atoms with Crippen LogP contribution < -0.4 is 10.6 Å². The van der Waals surface area contributed by atoms with Crippen molar-refractivity contribution in [3.63, 3.8) is 0 Å². The molecule has 0 spiro atoms. The summed E-state index contributed by atoms with van der Waals surface area (Å²) in [5.74, 6) is -0.421. The first-order valence-corrected chi connectivity index (χ1v) is 4.16. The number of amides is 2. The van der Waals surface area contributed by atoms with Gasteiger partial charge in [-0.05, 0) is 6.42 Å². The van der Waals surface area contributed by atoms with E-state index in [2.05, 4.69) is 17.2 Å². The van der Waals surface area contributed by atoms with Gasteiger partial charge >= 0.3 is 0 Å². The van der Waals surface area contributed by atoms with E-state index >= 15 is 0 Å². The molecule has 1 unspecified atom stereocenters. The molecule has 5 nitrogen and oxygen atoms in total. The minimum absolute atomic E-state index is 0.204. The van der Waals surface area contributed by atoms with Gasteiger partial charge in [0.05, 0.1) is 0 Å². The molecule has 0 radical (unpaired) electrons. The summed E-state index contributed by atoms with van der Waals surface area (Å²) in [7, 11) is 2.53. The van der Waals surface area contributed by atoms with Gasteiger partial charge < -0.3 is 15.7 Å². The number of rotatable bonds is 4. The van der Waals surface area contributed by atoms with Crippen molar-refractivity contribution >= 4 is 11.8 Å². The molecule has 0 aliphatic rings. The maximum Gasteiger partial charge on any atom is 0.242 e. The molecule has 82 valence electrons. The van der Waals surface area contributed by atoms with Crippen molar-refractivity contribution in [2.75, 3.05) is 14.2 Å². The Labute approximate surface area is 84.2 Å². The Kier molecular flexibility index (Phi) is 10.5. The van der Waals surface area contributed by atoms with Gasteiger partial charge in [-0.25, -0.2) is 0 Å². The molecule has 0 aromatic carbocycles. The molecule has 3 N–H and O–H groups in total. The maximum absolute atomic E-state index is 11.1. The maximum atomic E-state index is 11.1. The summed E-state index contributed by atoms with van der Waals surface area (Å²) in [6.45, 7) is 4.87. The molecular formula is C9H18N2O3. The van der Waals surface area contributed by atoms with Crippen LogP contribution in [0.5, 0.6) is 0 Å². The van der Waals surface area contributed by atoms with Crippen LogP contribution in [0, 0.1) is 0 Å². The number of nitrogens with one attached hydrogen (secondary N) is 2. The van der Waals surface area contributed by atoms with E-state index in [1.54, 1.807) is 6.08 Å². The third kappa shape index (κ3) is 7.30. The Morgan fingerprint density at radius 1 is 1.50 bits per heavy atom. The standard InChI is InChI=1S/C8H14N2O2.CH4O/c1-4-5-7(8(12)9-3)10-6(2)11;1-2/h4,7H,1,5H2,2-3H3,(H,9,12)(H,10,11);2H,1H3. The van der Waals surface area contributed by atoms with Crippen molar-refractivity contribution < 1.29 is 14.7 Å². The van der Waals surface area contributed by atoms with E-state index in [9.17, 15) is 9.59 Å². The normalized spacial score (nSPS) is 10.3. The fourth-order valence-electron chi connectivity index (χ4n) is 0.818. The predicted octanol–water partition coefficient (Wildman–Crippen LogP) is -0.578. The fourth-order valence-corrected chi connectivity index (χ4v) is 0.818. The van der Waals surface area contributed by atoms with Gasteiger partial charge in [-0.3, -0.25) is 9.59 Å². The SMILES string of the molecule is C=CCC(NC(C)=O)C(=O)NC.CO. The van der Waals surface area contributed by atoms with E-state index < -0.39 is 6.04 Å². The first-order chi connectivity index (χ1) is 6.61. The van der Waals surface area contributed by atoms with Gasteiger partial charge in [-0.1, -0.05) is 6.08 Å². The third-order valence-electron chi connectivity index (χ3n) is 1.34. The molecule has 5 heteroatoms. The van der Waals surface area contributed by atoms with E-state index in [4.69, 9.17) is 5.11 Å². The molecule has 0 heterocycles. The Bertz CT molecular complexity index is 192. The zero-order valence-corrected chi connectivity index (χ0v) is 8.83. The molecule has 2 amide bonds. The van der Waals surface area contributed by atoms with E-state index in [0.29, 0.717) is 6.42 Å². The summed E-state index contributed by atoms with van der Waals surface area (Å²) in [5.41, 5.74) is 0. The third-order valence-corrected chi connectivity index (χ3v) is 1.34. The monoisotopic (exact) mass is 202 g/mol. The summed E-state index contributed by atoms with van der Waals surface area (Å²) in [5, 5.41) is 12.0. The van der Waals surface area contributed by atoms with Gasteiger partial charge in [0.1, 0.15) is 6.04 Å². The molecule has 0 bridgehead atoms. The zero-order chi connectivity index (χ0) is 11.6. The lowest BCUT2D eigenvalue weighted by molar-refractivity contribution is -0.127. The summed E-state index contributed by atoms with van der Waals surface area (Å²) in [4.78, 5) is 21.7. The van der Waals surface area contributed by atoms with Crippen LogP contribution in [0.15, 0.2) is 12.7 Å². The van der Waals surface area contributed by atoms with E-state index in [0.717, 1.165) is 7.11 Å². The molecular weight excluding hydrogens is 184 g/mol. The second-order valence-corrected chi connectivity index (χ2v) is 2.39. The van der Waals surface area contributed by atoms with Crippen LogP contribution >= 0.6 is 0 Å². The van der Waals surface area contributed by atoms with Gasteiger partial charge in [0.2, 0.25) is 11.8 Å². The van der Waals surface area contributed by atoms with Gasteiger partial charge in [0.15, 0.2) is 0 Å². The molecule has 0 saturated heterocycles. The van der Waals surface area contributed by atoms with E-state index in [-0.39, 0.29) is 11.8 Å². The minimum Gasteiger partial charge on any atom is -0.400 e. The van der Waals surface area contributed by atoms with Gasteiger partial charge in [-0.15, -0.1) is 6.58 Å². The van der Waals surface area contributed by atoms with Crippen molar-refractivity contribution in [3.05, 3.63) is 12.7 Å². The highest BCUT2D eigenvalue weighted by atomic mass is 16.2. The number of likely N-dealkylation sites (N-methyl/N-ethyl adjacent to an activating group) is 1. The number of hydrogen-bond acceptors (Lipinski definition) is 3. The van der Waals surface area contributed by atoms with Crippen LogP contribution in [0.1, 0.15) is 13.3 Å². The Morgan fingerprint density at radius 2 is 2.00 bits per heavy atom.